The topological polar surface area (TPSA) is 41.1 Å². The summed E-state index contributed by atoms with van der Waals surface area (Å²) in [5, 5.41) is 5.81. The van der Waals surface area contributed by atoms with E-state index in [1.165, 1.54) is 6.07 Å². The van der Waals surface area contributed by atoms with Gasteiger partial charge in [-0.15, -0.1) is 11.8 Å². The number of hydrogen-bond donors (Lipinski definition) is 2. The number of rotatable bonds is 2. The molecule has 23 heavy (non-hydrogen) atoms. The molecular weight excluding hydrogens is 342 g/mol. The third kappa shape index (κ3) is 3.76. The highest BCUT2D eigenvalue weighted by molar-refractivity contribution is 7.99. The molecule has 0 saturated heterocycles. The predicted molar refractivity (Wildman–Crippen MR) is 88.0 cm³/mol. The zero-order valence-corrected chi connectivity index (χ0v) is 13.5. The van der Waals surface area contributed by atoms with E-state index >= 15 is 0 Å². The number of urea groups is 1. The van der Waals surface area contributed by atoms with E-state index in [1.807, 2.05) is 18.2 Å². The van der Waals surface area contributed by atoms with Crippen molar-refractivity contribution in [3.05, 3.63) is 58.6 Å². The van der Waals surface area contributed by atoms with Gasteiger partial charge in [0.05, 0.1) is 11.7 Å². The molecule has 1 heterocycles. The van der Waals surface area contributed by atoms with Crippen molar-refractivity contribution in [2.24, 2.45) is 0 Å². The molecule has 0 aliphatic carbocycles. The van der Waals surface area contributed by atoms with E-state index < -0.39 is 17.7 Å². The van der Waals surface area contributed by atoms with Crippen LogP contribution in [0.2, 0.25) is 5.02 Å². The fourth-order valence-electron chi connectivity index (χ4n) is 2.42. The molecule has 2 amide bonds. The minimum absolute atomic E-state index is 0.0691. The molecule has 3 rings (SSSR count). The average Bonchev–Trinajstić information content (AvgIpc) is 2.51. The molecule has 0 saturated carbocycles. The Balaban J connectivity index is 1.73. The van der Waals surface area contributed by atoms with Crippen LogP contribution in [0.15, 0.2) is 41.3 Å². The molecule has 2 N–H and O–H groups in total. The van der Waals surface area contributed by atoms with Crippen molar-refractivity contribution < 1.29 is 13.6 Å². The Bertz CT molecular complexity index is 757. The summed E-state index contributed by atoms with van der Waals surface area (Å²) in [5.74, 6) is -0.645. The van der Waals surface area contributed by atoms with Gasteiger partial charge in [-0.1, -0.05) is 11.6 Å². The molecule has 0 bridgehead atoms. The van der Waals surface area contributed by atoms with E-state index in [0.717, 1.165) is 34.8 Å². The van der Waals surface area contributed by atoms with Crippen LogP contribution < -0.4 is 10.6 Å². The number of nitrogens with one attached hydrogen (secondary N) is 2. The summed E-state index contributed by atoms with van der Waals surface area (Å²) in [4.78, 5) is 13.2. The van der Waals surface area contributed by atoms with Gasteiger partial charge in [0, 0.05) is 21.7 Å². The van der Waals surface area contributed by atoms with Gasteiger partial charge < -0.3 is 10.6 Å². The lowest BCUT2D eigenvalue weighted by Gasteiger charge is -2.26. The lowest BCUT2D eigenvalue weighted by atomic mass is 10.0. The molecule has 1 aliphatic heterocycles. The van der Waals surface area contributed by atoms with Crippen LogP contribution in [-0.2, 0) is 0 Å². The summed E-state index contributed by atoms with van der Waals surface area (Å²) in [6.07, 6.45) is 0.747. The molecule has 0 radical (unpaired) electrons. The van der Waals surface area contributed by atoms with Crippen molar-refractivity contribution in [2.75, 3.05) is 11.1 Å². The van der Waals surface area contributed by atoms with Crippen LogP contribution >= 0.6 is 23.4 Å². The quantitative estimate of drug-likeness (QED) is 0.798. The van der Waals surface area contributed by atoms with Crippen molar-refractivity contribution in [3.8, 4) is 0 Å². The predicted octanol–water partition coefficient (Wildman–Crippen LogP) is 4.98. The lowest BCUT2D eigenvalue weighted by Crippen LogP contribution is -2.34. The number of carbonyl (C=O) groups excluding carboxylic acids is 1. The molecule has 1 atom stereocenters. The van der Waals surface area contributed by atoms with Gasteiger partial charge in [-0.3, -0.25) is 0 Å². The van der Waals surface area contributed by atoms with E-state index in [1.54, 1.807) is 11.8 Å². The standard InChI is InChI=1S/C16H13ClF2N2OS/c17-9-1-4-15-11(7-9)13(5-6-23-15)20-16(22)21-14-3-2-10(18)8-12(14)19/h1-4,7-8,13H,5-6H2,(H2,20,21,22)/t13-/m1/s1. The molecule has 0 spiro atoms. The van der Waals surface area contributed by atoms with E-state index in [9.17, 15) is 13.6 Å². The Morgan fingerprint density at radius 2 is 2.04 bits per heavy atom. The molecule has 2 aromatic rings. The normalized spacial score (nSPS) is 16.6. The lowest BCUT2D eigenvalue weighted by molar-refractivity contribution is 0.248. The van der Waals surface area contributed by atoms with E-state index in [4.69, 9.17) is 11.6 Å². The Morgan fingerprint density at radius 1 is 1.22 bits per heavy atom. The first kappa shape index (κ1) is 16.1. The smallest absolute Gasteiger partial charge is 0.319 e. The van der Waals surface area contributed by atoms with Crippen molar-refractivity contribution in [1.29, 1.82) is 0 Å². The highest BCUT2D eigenvalue weighted by Crippen LogP contribution is 2.37. The second kappa shape index (κ2) is 6.76. The highest BCUT2D eigenvalue weighted by Gasteiger charge is 2.23. The van der Waals surface area contributed by atoms with Crippen LogP contribution in [0, 0.1) is 11.6 Å². The maximum Gasteiger partial charge on any atom is 0.319 e. The largest absolute Gasteiger partial charge is 0.331 e. The van der Waals surface area contributed by atoms with Crippen molar-refractivity contribution in [3.63, 3.8) is 0 Å². The highest BCUT2D eigenvalue weighted by atomic mass is 35.5. The van der Waals surface area contributed by atoms with E-state index in [2.05, 4.69) is 10.6 Å². The Labute approximate surface area is 141 Å². The van der Waals surface area contributed by atoms with Gasteiger partial charge in [-0.25, -0.2) is 13.6 Å². The first-order valence-electron chi connectivity index (χ1n) is 6.98. The Hall–Kier alpha value is -1.79. The third-order valence-corrected chi connectivity index (χ3v) is 4.85. The first-order chi connectivity index (χ1) is 11.0. The van der Waals surface area contributed by atoms with Crippen LogP contribution in [0.3, 0.4) is 0 Å². The minimum atomic E-state index is -0.817. The zero-order valence-electron chi connectivity index (χ0n) is 11.9. The molecule has 1 aliphatic rings. The van der Waals surface area contributed by atoms with Gasteiger partial charge in [0.25, 0.3) is 0 Å². The summed E-state index contributed by atoms with van der Waals surface area (Å²) >= 11 is 7.73. The van der Waals surface area contributed by atoms with Gasteiger partial charge in [0.2, 0.25) is 0 Å². The maximum absolute atomic E-state index is 13.6. The van der Waals surface area contributed by atoms with Crippen molar-refractivity contribution in [1.82, 2.24) is 5.32 Å². The summed E-state index contributed by atoms with van der Waals surface area (Å²) in [5.41, 5.74) is 0.879. The van der Waals surface area contributed by atoms with Gasteiger partial charge in [-0.05, 0) is 42.3 Å². The molecule has 0 fully saturated rings. The number of anilines is 1. The average molecular weight is 355 g/mol. The third-order valence-electron chi connectivity index (χ3n) is 3.50. The maximum atomic E-state index is 13.6. The van der Waals surface area contributed by atoms with Gasteiger partial charge in [0.1, 0.15) is 11.6 Å². The molecular formula is C16H13ClF2N2OS. The molecule has 2 aromatic carbocycles. The van der Waals surface area contributed by atoms with Crippen LogP contribution in [0.1, 0.15) is 18.0 Å². The monoisotopic (exact) mass is 354 g/mol. The first-order valence-corrected chi connectivity index (χ1v) is 8.34. The van der Waals surface area contributed by atoms with Gasteiger partial charge in [0.15, 0.2) is 0 Å². The molecule has 0 unspecified atom stereocenters. The fourth-order valence-corrected chi connectivity index (χ4v) is 3.71. The number of thioether (sulfide) groups is 1. The number of amides is 2. The summed E-state index contributed by atoms with van der Waals surface area (Å²) in [7, 11) is 0. The number of halogens is 3. The Morgan fingerprint density at radius 3 is 2.83 bits per heavy atom. The van der Waals surface area contributed by atoms with Crippen molar-refractivity contribution in [2.45, 2.75) is 17.4 Å². The Kier molecular flexibility index (Phi) is 4.73. The van der Waals surface area contributed by atoms with Gasteiger partial charge in [-0.2, -0.15) is 0 Å². The number of fused-ring (bicyclic) bond motifs is 1. The van der Waals surface area contributed by atoms with Crippen LogP contribution in [-0.4, -0.2) is 11.8 Å². The number of carbonyl (C=O) groups is 1. The fraction of sp³-hybridized carbons (Fsp3) is 0.188. The molecule has 120 valence electrons. The zero-order chi connectivity index (χ0) is 16.4. The molecule has 3 nitrogen and oxygen atoms in total. The second-order valence-corrected chi connectivity index (χ2v) is 6.67. The van der Waals surface area contributed by atoms with Crippen LogP contribution in [0.4, 0.5) is 19.3 Å². The van der Waals surface area contributed by atoms with Crippen LogP contribution in [0.5, 0.6) is 0 Å². The molecule has 0 aromatic heterocycles. The number of benzene rings is 2. The van der Waals surface area contributed by atoms with Crippen molar-refractivity contribution >= 4 is 35.1 Å². The van der Waals surface area contributed by atoms with E-state index in [0.29, 0.717) is 5.02 Å². The second-order valence-electron chi connectivity index (χ2n) is 5.09. The number of hydrogen-bond acceptors (Lipinski definition) is 2. The van der Waals surface area contributed by atoms with Gasteiger partial charge >= 0.3 is 6.03 Å². The SMILES string of the molecule is O=C(Nc1ccc(F)cc1F)N[C@@H]1CCSc2ccc(Cl)cc21. The minimum Gasteiger partial charge on any atom is -0.331 e. The summed E-state index contributed by atoms with van der Waals surface area (Å²) in [6.45, 7) is 0. The van der Waals surface area contributed by atoms with Crippen LogP contribution in [0.25, 0.3) is 0 Å². The summed E-state index contributed by atoms with van der Waals surface area (Å²) in [6, 6.07) is 7.81. The summed E-state index contributed by atoms with van der Waals surface area (Å²) < 4.78 is 26.5. The van der Waals surface area contributed by atoms with E-state index in [-0.39, 0.29) is 11.7 Å². The molecule has 7 heteroatoms.